The van der Waals surface area contributed by atoms with Gasteiger partial charge < -0.3 is 9.47 Å². The maximum absolute atomic E-state index is 12.5. The number of amides is 1. The lowest BCUT2D eigenvalue weighted by atomic mass is 9.87. The van der Waals surface area contributed by atoms with Crippen LogP contribution in [-0.4, -0.2) is 33.4 Å². The topological polar surface area (TPSA) is 38.1 Å². The first-order chi connectivity index (χ1) is 10.1. The van der Waals surface area contributed by atoms with Crippen LogP contribution >= 0.6 is 0 Å². The molecule has 0 spiro atoms. The Morgan fingerprint density at radius 3 is 2.67 bits per heavy atom. The summed E-state index contributed by atoms with van der Waals surface area (Å²) in [7, 11) is 0. The molecule has 0 radical (unpaired) electrons. The van der Waals surface area contributed by atoms with Gasteiger partial charge >= 0.3 is 0 Å². The summed E-state index contributed by atoms with van der Waals surface area (Å²) >= 11 is 0. The van der Waals surface area contributed by atoms with Crippen LogP contribution in [0.4, 0.5) is 0 Å². The van der Waals surface area contributed by atoms with Crippen molar-refractivity contribution in [3.05, 3.63) is 17.7 Å². The molecule has 1 saturated carbocycles. The van der Waals surface area contributed by atoms with Crippen molar-refractivity contribution in [2.45, 2.75) is 64.8 Å². The van der Waals surface area contributed by atoms with Gasteiger partial charge in [0.2, 0.25) is 5.91 Å². The minimum atomic E-state index is 0.375. The monoisotopic (exact) mass is 289 g/mol. The predicted molar refractivity (Wildman–Crippen MR) is 83.1 cm³/mol. The van der Waals surface area contributed by atoms with Crippen molar-refractivity contribution in [1.82, 2.24) is 14.5 Å². The quantitative estimate of drug-likeness (QED) is 0.856. The number of rotatable bonds is 3. The molecule has 4 heteroatoms. The summed E-state index contributed by atoms with van der Waals surface area (Å²) in [6.45, 7) is 5.93. The molecule has 1 amide bonds. The lowest BCUT2D eigenvalue weighted by Gasteiger charge is -2.24. The van der Waals surface area contributed by atoms with Gasteiger partial charge in [-0.1, -0.05) is 19.3 Å². The summed E-state index contributed by atoms with van der Waals surface area (Å²) in [6, 6.07) is 0.419. The van der Waals surface area contributed by atoms with Gasteiger partial charge in [-0.25, -0.2) is 4.98 Å². The van der Waals surface area contributed by atoms with Crippen LogP contribution in [0.1, 0.15) is 62.5 Å². The highest BCUT2D eigenvalue weighted by atomic mass is 16.2. The van der Waals surface area contributed by atoms with Gasteiger partial charge in [-0.05, 0) is 39.0 Å². The number of carbonyl (C=O) groups excluding carboxylic acids is 1. The highest BCUT2D eigenvalue weighted by molar-refractivity contribution is 5.76. The van der Waals surface area contributed by atoms with Gasteiger partial charge in [-0.15, -0.1) is 0 Å². The number of carbonyl (C=O) groups is 1. The van der Waals surface area contributed by atoms with E-state index in [-0.39, 0.29) is 0 Å². The second kappa shape index (κ2) is 6.20. The van der Waals surface area contributed by atoms with Gasteiger partial charge in [0.05, 0.1) is 6.04 Å². The van der Waals surface area contributed by atoms with E-state index in [0.29, 0.717) is 17.9 Å². The Balaban J connectivity index is 1.57. The number of likely N-dealkylation sites (tertiary alicyclic amines) is 1. The Hall–Kier alpha value is -1.32. The van der Waals surface area contributed by atoms with E-state index in [9.17, 15) is 4.79 Å². The molecule has 2 fully saturated rings. The molecule has 0 N–H and O–H groups in total. The van der Waals surface area contributed by atoms with Crippen molar-refractivity contribution < 1.29 is 4.79 Å². The number of aromatic nitrogens is 2. The third-order valence-electron chi connectivity index (χ3n) is 5.24. The van der Waals surface area contributed by atoms with Crippen molar-refractivity contribution in [2.75, 3.05) is 13.1 Å². The number of hydrogen-bond acceptors (Lipinski definition) is 2. The molecule has 0 aromatic carbocycles. The SMILES string of the molecule is Cc1cnc(C)n1C1CCN(C(=O)CC2CCCCC2)C1. The first-order valence-corrected chi connectivity index (χ1v) is 8.43. The van der Waals surface area contributed by atoms with Crippen LogP contribution in [0.15, 0.2) is 6.20 Å². The highest BCUT2D eigenvalue weighted by Gasteiger charge is 2.30. The first kappa shape index (κ1) is 14.6. The molecular formula is C17H27N3O. The van der Waals surface area contributed by atoms with E-state index in [1.165, 1.54) is 37.8 Å². The van der Waals surface area contributed by atoms with Crippen LogP contribution in [0.25, 0.3) is 0 Å². The lowest BCUT2D eigenvalue weighted by molar-refractivity contribution is -0.131. The predicted octanol–water partition coefficient (Wildman–Crippen LogP) is 3.24. The summed E-state index contributed by atoms with van der Waals surface area (Å²) < 4.78 is 2.30. The van der Waals surface area contributed by atoms with E-state index >= 15 is 0 Å². The number of aryl methyl sites for hydroxylation is 2. The van der Waals surface area contributed by atoms with E-state index in [0.717, 1.165) is 31.8 Å². The fourth-order valence-electron chi connectivity index (χ4n) is 4.07. The zero-order valence-corrected chi connectivity index (χ0v) is 13.3. The number of nitrogens with zero attached hydrogens (tertiary/aromatic N) is 3. The Bertz CT molecular complexity index is 483. The number of imidazole rings is 1. The van der Waals surface area contributed by atoms with Crippen molar-refractivity contribution >= 4 is 5.91 Å². The molecule has 2 aliphatic rings. The molecular weight excluding hydrogens is 262 g/mol. The van der Waals surface area contributed by atoms with Crippen LogP contribution in [-0.2, 0) is 4.79 Å². The summed E-state index contributed by atoms with van der Waals surface area (Å²) in [5.41, 5.74) is 1.21. The smallest absolute Gasteiger partial charge is 0.222 e. The van der Waals surface area contributed by atoms with Crippen LogP contribution < -0.4 is 0 Å². The average molecular weight is 289 g/mol. The third kappa shape index (κ3) is 3.14. The van der Waals surface area contributed by atoms with Crippen LogP contribution in [0, 0.1) is 19.8 Å². The maximum Gasteiger partial charge on any atom is 0.222 e. The summed E-state index contributed by atoms with van der Waals surface area (Å²) in [5, 5.41) is 0. The second-order valence-electron chi connectivity index (χ2n) is 6.81. The Morgan fingerprint density at radius 2 is 2.00 bits per heavy atom. The van der Waals surface area contributed by atoms with E-state index in [2.05, 4.69) is 28.3 Å². The van der Waals surface area contributed by atoms with Crippen molar-refractivity contribution in [1.29, 1.82) is 0 Å². The molecule has 2 heterocycles. The summed E-state index contributed by atoms with van der Waals surface area (Å²) in [5.74, 6) is 2.08. The molecule has 1 atom stereocenters. The molecule has 0 bridgehead atoms. The van der Waals surface area contributed by atoms with Crippen molar-refractivity contribution in [3.8, 4) is 0 Å². The molecule has 21 heavy (non-hydrogen) atoms. The summed E-state index contributed by atoms with van der Waals surface area (Å²) in [4.78, 5) is 19.0. The maximum atomic E-state index is 12.5. The molecule has 1 aromatic heterocycles. The fraction of sp³-hybridized carbons (Fsp3) is 0.765. The first-order valence-electron chi connectivity index (χ1n) is 8.43. The van der Waals surface area contributed by atoms with Crippen LogP contribution in [0.2, 0.25) is 0 Å². The minimum Gasteiger partial charge on any atom is -0.341 e. The Morgan fingerprint density at radius 1 is 1.24 bits per heavy atom. The molecule has 1 aromatic rings. The summed E-state index contributed by atoms with van der Waals surface area (Å²) in [6.07, 6.45) is 10.3. The lowest BCUT2D eigenvalue weighted by Crippen LogP contribution is -2.31. The molecule has 1 unspecified atom stereocenters. The molecule has 1 aliphatic heterocycles. The fourth-order valence-corrected chi connectivity index (χ4v) is 4.07. The molecule has 3 rings (SSSR count). The third-order valence-corrected chi connectivity index (χ3v) is 5.24. The van der Waals surface area contributed by atoms with E-state index in [4.69, 9.17) is 0 Å². The van der Waals surface area contributed by atoms with Crippen molar-refractivity contribution in [3.63, 3.8) is 0 Å². The molecule has 116 valence electrons. The van der Waals surface area contributed by atoms with Crippen LogP contribution in [0.5, 0.6) is 0 Å². The van der Waals surface area contributed by atoms with Gasteiger partial charge in [0.1, 0.15) is 5.82 Å². The second-order valence-corrected chi connectivity index (χ2v) is 6.81. The van der Waals surface area contributed by atoms with E-state index in [1.54, 1.807) is 0 Å². The Labute approximate surface area is 127 Å². The van der Waals surface area contributed by atoms with Crippen LogP contribution in [0.3, 0.4) is 0 Å². The van der Waals surface area contributed by atoms with Gasteiger partial charge in [-0.3, -0.25) is 4.79 Å². The van der Waals surface area contributed by atoms with Gasteiger partial charge in [0.25, 0.3) is 0 Å². The molecule has 4 nitrogen and oxygen atoms in total. The molecule has 1 aliphatic carbocycles. The van der Waals surface area contributed by atoms with Gasteiger partial charge in [0, 0.05) is 31.4 Å². The van der Waals surface area contributed by atoms with E-state index < -0.39 is 0 Å². The molecule has 1 saturated heterocycles. The zero-order chi connectivity index (χ0) is 14.8. The van der Waals surface area contributed by atoms with Gasteiger partial charge in [-0.2, -0.15) is 0 Å². The largest absolute Gasteiger partial charge is 0.341 e. The van der Waals surface area contributed by atoms with Gasteiger partial charge in [0.15, 0.2) is 0 Å². The highest BCUT2D eigenvalue weighted by Crippen LogP contribution is 2.29. The van der Waals surface area contributed by atoms with Crippen molar-refractivity contribution in [2.24, 2.45) is 5.92 Å². The van der Waals surface area contributed by atoms with E-state index in [1.807, 2.05) is 6.20 Å². The normalized spacial score (nSPS) is 23.7. The minimum absolute atomic E-state index is 0.375. The Kier molecular flexibility index (Phi) is 4.32. The number of hydrogen-bond donors (Lipinski definition) is 0. The zero-order valence-electron chi connectivity index (χ0n) is 13.3. The standard InChI is InChI=1S/C17H27N3O/c1-13-11-18-14(2)20(13)16-8-9-19(12-16)17(21)10-15-6-4-3-5-7-15/h11,15-16H,3-10,12H2,1-2H3. The average Bonchev–Trinajstić information content (AvgIpc) is 3.07.